The lowest BCUT2D eigenvalue weighted by Gasteiger charge is -2.26. The van der Waals surface area contributed by atoms with E-state index in [1.165, 1.54) is 5.56 Å². The van der Waals surface area contributed by atoms with E-state index in [1.807, 2.05) is 36.2 Å². The van der Waals surface area contributed by atoms with Gasteiger partial charge in [0.1, 0.15) is 0 Å². The summed E-state index contributed by atoms with van der Waals surface area (Å²) in [5.74, 6) is 0. The first-order valence-corrected chi connectivity index (χ1v) is 6.24. The van der Waals surface area contributed by atoms with Crippen LogP contribution in [0.3, 0.4) is 0 Å². The van der Waals surface area contributed by atoms with Crippen molar-refractivity contribution in [3.05, 3.63) is 46.2 Å². The van der Waals surface area contributed by atoms with Gasteiger partial charge in [-0.3, -0.25) is 0 Å². The van der Waals surface area contributed by atoms with E-state index in [0.717, 1.165) is 16.7 Å². The molecule has 1 unspecified atom stereocenters. The Balaban J connectivity index is 2.16. The monoisotopic (exact) mass is 297 g/mol. The molecular weight excluding hydrogens is 286 g/mol. The van der Waals surface area contributed by atoms with Crippen LogP contribution in [0.15, 0.2) is 50.9 Å². The maximum atomic E-state index is 4.37. The van der Waals surface area contributed by atoms with E-state index in [0.29, 0.717) is 0 Å². The van der Waals surface area contributed by atoms with Crippen LogP contribution in [-0.2, 0) is 6.54 Å². The van der Waals surface area contributed by atoms with Crippen molar-refractivity contribution in [2.24, 2.45) is 10.2 Å². The zero-order chi connectivity index (χ0) is 11.5. The molecular formula is C11H12BrN3S. The summed E-state index contributed by atoms with van der Waals surface area (Å²) in [7, 11) is 0. The van der Waals surface area contributed by atoms with Gasteiger partial charge in [-0.25, -0.2) is 0 Å². The SMILES string of the molecule is CC1=CN(Cc2ccccc2Br)C(S)N=N1. The van der Waals surface area contributed by atoms with Gasteiger partial charge in [-0.2, -0.15) is 10.2 Å². The minimum Gasteiger partial charge on any atom is -0.340 e. The lowest BCUT2D eigenvalue weighted by molar-refractivity contribution is 0.332. The molecule has 1 aliphatic rings. The number of halogens is 1. The summed E-state index contributed by atoms with van der Waals surface area (Å²) in [6.07, 6.45) is 1.98. The van der Waals surface area contributed by atoms with Crippen LogP contribution < -0.4 is 0 Å². The second-order valence-corrected chi connectivity index (χ2v) is 4.91. The zero-order valence-electron chi connectivity index (χ0n) is 8.84. The highest BCUT2D eigenvalue weighted by Gasteiger charge is 2.15. The summed E-state index contributed by atoms with van der Waals surface area (Å²) < 4.78 is 1.10. The van der Waals surface area contributed by atoms with Crippen LogP contribution in [0.1, 0.15) is 12.5 Å². The summed E-state index contributed by atoms with van der Waals surface area (Å²) in [5, 5.41) is 8.03. The summed E-state index contributed by atoms with van der Waals surface area (Å²) >= 11 is 7.90. The Labute approximate surface area is 109 Å². The van der Waals surface area contributed by atoms with Crippen LogP contribution in [0.5, 0.6) is 0 Å². The van der Waals surface area contributed by atoms with Gasteiger partial charge in [0.2, 0.25) is 0 Å². The summed E-state index contributed by atoms with van der Waals surface area (Å²) in [6.45, 7) is 2.70. The fraction of sp³-hybridized carbons (Fsp3) is 0.273. The maximum absolute atomic E-state index is 4.37. The molecule has 1 atom stereocenters. The Bertz CT molecular complexity index is 445. The third-order valence-corrected chi connectivity index (χ3v) is 3.45. The van der Waals surface area contributed by atoms with Crippen molar-refractivity contribution in [2.75, 3.05) is 0 Å². The van der Waals surface area contributed by atoms with Gasteiger partial charge in [0, 0.05) is 17.2 Å². The minimum atomic E-state index is -0.198. The first kappa shape index (κ1) is 11.7. The minimum absolute atomic E-state index is 0.198. The van der Waals surface area contributed by atoms with Gasteiger partial charge < -0.3 is 4.90 Å². The number of benzene rings is 1. The third kappa shape index (κ3) is 2.65. The summed E-state index contributed by atoms with van der Waals surface area (Å²) in [5.41, 5.74) is 1.91. The largest absolute Gasteiger partial charge is 0.340 e. The van der Waals surface area contributed by atoms with Crippen LogP contribution >= 0.6 is 28.6 Å². The van der Waals surface area contributed by atoms with Crippen molar-refractivity contribution >= 4 is 28.6 Å². The lowest BCUT2D eigenvalue weighted by atomic mass is 10.2. The first-order chi connectivity index (χ1) is 7.66. The lowest BCUT2D eigenvalue weighted by Crippen LogP contribution is -2.26. The van der Waals surface area contributed by atoms with E-state index in [9.17, 15) is 0 Å². The Morgan fingerprint density at radius 1 is 1.44 bits per heavy atom. The third-order valence-electron chi connectivity index (χ3n) is 2.28. The fourth-order valence-corrected chi connectivity index (χ4v) is 2.10. The number of hydrogen-bond acceptors (Lipinski definition) is 4. The molecule has 0 N–H and O–H groups in total. The Morgan fingerprint density at radius 3 is 2.94 bits per heavy atom. The van der Waals surface area contributed by atoms with Gasteiger partial charge in [0.25, 0.3) is 0 Å². The molecule has 0 saturated carbocycles. The van der Waals surface area contributed by atoms with Crippen molar-refractivity contribution in [1.29, 1.82) is 0 Å². The highest BCUT2D eigenvalue weighted by molar-refractivity contribution is 9.10. The normalized spacial score (nSPS) is 19.8. The average molecular weight is 298 g/mol. The highest BCUT2D eigenvalue weighted by Crippen LogP contribution is 2.23. The number of hydrogen-bond donors (Lipinski definition) is 1. The van der Waals surface area contributed by atoms with Crippen LogP contribution in [0.25, 0.3) is 0 Å². The maximum Gasteiger partial charge on any atom is 0.186 e. The van der Waals surface area contributed by atoms with Crippen molar-refractivity contribution in [3.63, 3.8) is 0 Å². The van der Waals surface area contributed by atoms with Crippen LogP contribution in [0.4, 0.5) is 0 Å². The topological polar surface area (TPSA) is 28.0 Å². The molecule has 84 valence electrons. The number of azo groups is 1. The van der Waals surface area contributed by atoms with Crippen molar-refractivity contribution < 1.29 is 0 Å². The van der Waals surface area contributed by atoms with Gasteiger partial charge in [-0.15, -0.1) is 12.6 Å². The molecule has 5 heteroatoms. The van der Waals surface area contributed by atoms with Crippen molar-refractivity contribution in [1.82, 2.24) is 4.90 Å². The number of nitrogens with zero attached hydrogens (tertiary/aromatic N) is 3. The van der Waals surface area contributed by atoms with Gasteiger partial charge in [-0.05, 0) is 18.6 Å². The van der Waals surface area contributed by atoms with Gasteiger partial charge in [-0.1, -0.05) is 34.1 Å². The predicted octanol–water partition coefficient (Wildman–Crippen LogP) is 3.79. The molecule has 1 aromatic rings. The predicted molar refractivity (Wildman–Crippen MR) is 71.1 cm³/mol. The van der Waals surface area contributed by atoms with Gasteiger partial charge in [0.05, 0.1) is 5.70 Å². The quantitative estimate of drug-likeness (QED) is 0.827. The van der Waals surface area contributed by atoms with Crippen molar-refractivity contribution in [3.8, 4) is 0 Å². The van der Waals surface area contributed by atoms with E-state index in [2.05, 4.69) is 44.9 Å². The summed E-state index contributed by atoms with van der Waals surface area (Å²) in [6, 6.07) is 8.14. The van der Waals surface area contributed by atoms with Crippen LogP contribution in [0.2, 0.25) is 0 Å². The van der Waals surface area contributed by atoms with Crippen LogP contribution in [0, 0.1) is 0 Å². The molecule has 0 amide bonds. The van der Waals surface area contributed by atoms with E-state index in [-0.39, 0.29) is 5.50 Å². The molecule has 1 heterocycles. The smallest absolute Gasteiger partial charge is 0.186 e. The fourth-order valence-electron chi connectivity index (χ4n) is 1.49. The Hall–Kier alpha value is -0.810. The van der Waals surface area contributed by atoms with Crippen molar-refractivity contribution in [2.45, 2.75) is 19.0 Å². The second kappa shape index (κ2) is 5.01. The molecule has 0 bridgehead atoms. The number of thiol groups is 1. The van der Waals surface area contributed by atoms with Gasteiger partial charge >= 0.3 is 0 Å². The molecule has 0 saturated heterocycles. The number of rotatable bonds is 2. The van der Waals surface area contributed by atoms with Crippen LogP contribution in [-0.4, -0.2) is 10.4 Å². The molecule has 2 rings (SSSR count). The van der Waals surface area contributed by atoms with E-state index >= 15 is 0 Å². The standard InChI is InChI=1S/C11H12BrN3S/c1-8-6-15(11(16)14-13-8)7-9-4-2-3-5-10(9)12/h2-6,11,16H,7H2,1H3. The average Bonchev–Trinajstić information content (AvgIpc) is 2.27. The highest BCUT2D eigenvalue weighted by atomic mass is 79.9. The van der Waals surface area contributed by atoms with E-state index in [4.69, 9.17) is 0 Å². The van der Waals surface area contributed by atoms with Gasteiger partial charge in [0.15, 0.2) is 5.50 Å². The second-order valence-electron chi connectivity index (χ2n) is 3.60. The molecule has 0 fully saturated rings. The first-order valence-electron chi connectivity index (χ1n) is 4.93. The molecule has 0 spiro atoms. The van der Waals surface area contributed by atoms with E-state index in [1.54, 1.807) is 0 Å². The number of allylic oxidation sites excluding steroid dienone is 1. The van der Waals surface area contributed by atoms with E-state index < -0.39 is 0 Å². The molecule has 0 aromatic heterocycles. The molecule has 3 nitrogen and oxygen atoms in total. The zero-order valence-corrected chi connectivity index (χ0v) is 11.3. The molecule has 0 radical (unpaired) electrons. The Morgan fingerprint density at radius 2 is 2.19 bits per heavy atom. The summed E-state index contributed by atoms with van der Waals surface area (Å²) in [4.78, 5) is 2.05. The molecule has 1 aliphatic heterocycles. The molecule has 0 aliphatic carbocycles. The molecule has 16 heavy (non-hydrogen) atoms. The Kier molecular flexibility index (Phi) is 3.66. The molecule has 1 aromatic carbocycles.